The predicted octanol–water partition coefficient (Wildman–Crippen LogP) is 2.82. The minimum atomic E-state index is 0.712. The molecule has 0 spiro atoms. The zero-order valence-corrected chi connectivity index (χ0v) is 14.8. The van der Waals surface area contributed by atoms with Gasteiger partial charge in [-0.2, -0.15) is 0 Å². The summed E-state index contributed by atoms with van der Waals surface area (Å²) < 4.78 is 0. The Bertz CT molecular complexity index is 284. The maximum atomic E-state index is 3.78. The smallest absolute Gasteiger partial charge is 0.0218 e. The van der Waals surface area contributed by atoms with Gasteiger partial charge in [0.1, 0.15) is 0 Å². The van der Waals surface area contributed by atoms with E-state index in [-0.39, 0.29) is 0 Å². The third-order valence-electron chi connectivity index (χ3n) is 5.49. The first-order valence-electron chi connectivity index (χ1n) is 9.32. The normalized spacial score (nSPS) is 30.1. The highest BCUT2D eigenvalue weighted by Gasteiger charge is 2.29. The molecule has 2 heterocycles. The van der Waals surface area contributed by atoms with Gasteiger partial charge in [0.2, 0.25) is 0 Å². The zero-order valence-electron chi connectivity index (χ0n) is 14.8. The monoisotopic (exact) mass is 295 g/mol. The molecule has 0 aromatic carbocycles. The highest BCUT2D eigenvalue weighted by Crippen LogP contribution is 2.22. The fourth-order valence-electron chi connectivity index (χ4n) is 4.10. The average Bonchev–Trinajstić information content (AvgIpc) is 2.48. The molecule has 2 rings (SSSR count). The lowest BCUT2D eigenvalue weighted by atomic mass is 9.93. The summed E-state index contributed by atoms with van der Waals surface area (Å²) in [4.78, 5) is 5.42. The van der Waals surface area contributed by atoms with E-state index in [1.165, 1.54) is 65.0 Å². The van der Waals surface area contributed by atoms with Crippen LogP contribution in [-0.4, -0.2) is 61.2 Å². The summed E-state index contributed by atoms with van der Waals surface area (Å²) in [5.74, 6) is 1.73. The molecule has 21 heavy (non-hydrogen) atoms. The molecule has 124 valence electrons. The highest BCUT2D eigenvalue weighted by molar-refractivity contribution is 4.88. The molecule has 0 aliphatic carbocycles. The van der Waals surface area contributed by atoms with Crippen molar-refractivity contribution in [3.8, 4) is 0 Å². The van der Waals surface area contributed by atoms with E-state index >= 15 is 0 Å². The molecule has 0 aromatic rings. The maximum absolute atomic E-state index is 3.78. The van der Waals surface area contributed by atoms with E-state index < -0.39 is 0 Å². The fourth-order valence-corrected chi connectivity index (χ4v) is 4.10. The predicted molar refractivity (Wildman–Crippen MR) is 91.7 cm³/mol. The Morgan fingerprint density at radius 2 is 1.86 bits per heavy atom. The lowest BCUT2D eigenvalue weighted by molar-refractivity contribution is 0.0789. The molecule has 2 saturated heterocycles. The van der Waals surface area contributed by atoms with Crippen LogP contribution in [0.25, 0.3) is 0 Å². The van der Waals surface area contributed by atoms with Crippen LogP contribution >= 0.6 is 0 Å². The van der Waals surface area contributed by atoms with Crippen molar-refractivity contribution in [2.45, 2.75) is 65.5 Å². The van der Waals surface area contributed by atoms with Crippen LogP contribution in [0.3, 0.4) is 0 Å². The van der Waals surface area contributed by atoms with Crippen molar-refractivity contribution < 1.29 is 0 Å². The van der Waals surface area contributed by atoms with Gasteiger partial charge in [0.05, 0.1) is 0 Å². The summed E-state index contributed by atoms with van der Waals surface area (Å²) in [6.45, 7) is 17.0. The van der Waals surface area contributed by atoms with Gasteiger partial charge in [0.25, 0.3) is 0 Å². The third kappa shape index (κ3) is 5.22. The van der Waals surface area contributed by atoms with Gasteiger partial charge in [0.15, 0.2) is 0 Å². The summed E-state index contributed by atoms with van der Waals surface area (Å²) in [7, 11) is 0. The first-order valence-corrected chi connectivity index (χ1v) is 9.32. The summed E-state index contributed by atoms with van der Waals surface area (Å²) in [6, 6.07) is 1.47. The number of likely N-dealkylation sites (tertiary alicyclic amines) is 1. The average molecular weight is 296 g/mol. The molecular weight excluding hydrogens is 258 g/mol. The topological polar surface area (TPSA) is 18.5 Å². The van der Waals surface area contributed by atoms with Crippen LogP contribution in [0, 0.1) is 11.8 Å². The summed E-state index contributed by atoms with van der Waals surface area (Å²) in [5.41, 5.74) is 0. The van der Waals surface area contributed by atoms with E-state index in [0.29, 0.717) is 6.04 Å². The van der Waals surface area contributed by atoms with Gasteiger partial charge in [-0.1, -0.05) is 27.7 Å². The first kappa shape index (κ1) is 17.2. The molecule has 0 aromatic heterocycles. The zero-order chi connectivity index (χ0) is 15.2. The number of piperidine rings is 1. The van der Waals surface area contributed by atoms with Gasteiger partial charge < -0.3 is 10.2 Å². The molecule has 2 aliphatic heterocycles. The van der Waals surface area contributed by atoms with Crippen LogP contribution in [0.1, 0.15) is 53.4 Å². The van der Waals surface area contributed by atoms with Crippen LogP contribution in [0.5, 0.6) is 0 Å². The lowest BCUT2D eigenvalue weighted by Crippen LogP contribution is -2.57. The third-order valence-corrected chi connectivity index (χ3v) is 5.49. The van der Waals surface area contributed by atoms with E-state index in [0.717, 1.165) is 17.9 Å². The molecular formula is C18H37N3. The van der Waals surface area contributed by atoms with Crippen molar-refractivity contribution in [2.75, 3.05) is 39.3 Å². The van der Waals surface area contributed by atoms with Crippen LogP contribution in [-0.2, 0) is 0 Å². The van der Waals surface area contributed by atoms with Crippen molar-refractivity contribution in [3.63, 3.8) is 0 Å². The highest BCUT2D eigenvalue weighted by atomic mass is 15.2. The largest absolute Gasteiger partial charge is 0.311 e. The Kier molecular flexibility index (Phi) is 6.97. The second-order valence-electron chi connectivity index (χ2n) is 7.63. The van der Waals surface area contributed by atoms with Gasteiger partial charge in [0, 0.05) is 31.7 Å². The van der Waals surface area contributed by atoms with Gasteiger partial charge in [-0.3, -0.25) is 4.90 Å². The standard InChI is InChI=1S/C18H37N3/c1-5-18-12-19-17(11-15(3)4)14-21(18)13-16-7-9-20(6-2)10-8-16/h15-19H,5-14H2,1-4H3. The molecule has 2 unspecified atom stereocenters. The first-order chi connectivity index (χ1) is 10.1. The quantitative estimate of drug-likeness (QED) is 0.813. The summed E-state index contributed by atoms with van der Waals surface area (Å²) in [6.07, 6.45) is 5.42. The van der Waals surface area contributed by atoms with Crippen LogP contribution in [0.15, 0.2) is 0 Å². The molecule has 2 fully saturated rings. The molecule has 0 radical (unpaired) electrons. The van der Waals surface area contributed by atoms with Crippen molar-refractivity contribution in [2.24, 2.45) is 11.8 Å². The van der Waals surface area contributed by atoms with Gasteiger partial charge >= 0.3 is 0 Å². The van der Waals surface area contributed by atoms with Crippen LogP contribution in [0.2, 0.25) is 0 Å². The number of nitrogens with one attached hydrogen (secondary N) is 1. The molecule has 0 bridgehead atoms. The number of nitrogens with zero attached hydrogens (tertiary/aromatic N) is 2. The number of rotatable bonds is 6. The van der Waals surface area contributed by atoms with Gasteiger partial charge in [-0.15, -0.1) is 0 Å². The second-order valence-corrected chi connectivity index (χ2v) is 7.63. The van der Waals surface area contributed by atoms with Crippen molar-refractivity contribution >= 4 is 0 Å². The molecule has 2 atom stereocenters. The molecule has 0 amide bonds. The summed E-state index contributed by atoms with van der Waals surface area (Å²) in [5, 5.41) is 3.78. The molecule has 3 nitrogen and oxygen atoms in total. The lowest BCUT2D eigenvalue weighted by Gasteiger charge is -2.43. The van der Waals surface area contributed by atoms with E-state index in [4.69, 9.17) is 0 Å². The van der Waals surface area contributed by atoms with Gasteiger partial charge in [-0.25, -0.2) is 0 Å². The van der Waals surface area contributed by atoms with Crippen molar-refractivity contribution in [1.82, 2.24) is 15.1 Å². The molecule has 1 N–H and O–H groups in total. The molecule has 2 aliphatic rings. The number of hydrogen-bond donors (Lipinski definition) is 1. The minimum absolute atomic E-state index is 0.712. The van der Waals surface area contributed by atoms with Crippen LogP contribution < -0.4 is 5.32 Å². The van der Waals surface area contributed by atoms with Gasteiger partial charge in [-0.05, 0) is 57.2 Å². The maximum Gasteiger partial charge on any atom is 0.0218 e. The Balaban J connectivity index is 1.83. The SMILES string of the molecule is CCC1CNC(CC(C)C)CN1CC1CCN(CC)CC1. The summed E-state index contributed by atoms with van der Waals surface area (Å²) >= 11 is 0. The molecule has 0 saturated carbocycles. The second kappa shape index (κ2) is 8.50. The van der Waals surface area contributed by atoms with Crippen molar-refractivity contribution in [3.05, 3.63) is 0 Å². The number of hydrogen-bond acceptors (Lipinski definition) is 3. The van der Waals surface area contributed by atoms with E-state index in [1.807, 2.05) is 0 Å². The Morgan fingerprint density at radius 3 is 2.43 bits per heavy atom. The Hall–Kier alpha value is -0.120. The Morgan fingerprint density at radius 1 is 1.14 bits per heavy atom. The Labute approximate surface area is 132 Å². The van der Waals surface area contributed by atoms with E-state index in [2.05, 4.69) is 42.8 Å². The van der Waals surface area contributed by atoms with Crippen molar-refractivity contribution in [1.29, 1.82) is 0 Å². The fraction of sp³-hybridized carbons (Fsp3) is 1.00. The van der Waals surface area contributed by atoms with Crippen LogP contribution in [0.4, 0.5) is 0 Å². The van der Waals surface area contributed by atoms with E-state index in [9.17, 15) is 0 Å². The number of piperazine rings is 1. The molecule has 3 heteroatoms. The van der Waals surface area contributed by atoms with E-state index in [1.54, 1.807) is 0 Å². The minimum Gasteiger partial charge on any atom is -0.311 e.